The van der Waals surface area contributed by atoms with E-state index in [1.165, 1.54) is 12.1 Å². The first-order valence-corrected chi connectivity index (χ1v) is 7.84. The van der Waals surface area contributed by atoms with E-state index in [0.29, 0.717) is 11.3 Å². The summed E-state index contributed by atoms with van der Waals surface area (Å²) in [5, 5.41) is 2.65. The highest BCUT2D eigenvalue weighted by Crippen LogP contribution is 2.22. The van der Waals surface area contributed by atoms with Gasteiger partial charge in [0.25, 0.3) is 0 Å². The minimum absolute atomic E-state index is 0.0343. The van der Waals surface area contributed by atoms with Gasteiger partial charge in [0.1, 0.15) is 5.82 Å². The summed E-state index contributed by atoms with van der Waals surface area (Å²) in [6.07, 6.45) is 0.236. The highest BCUT2D eigenvalue weighted by atomic mass is 32.1. The van der Waals surface area contributed by atoms with E-state index >= 15 is 0 Å². The molecule has 2 rings (SSSR count). The van der Waals surface area contributed by atoms with Gasteiger partial charge in [0, 0.05) is 33.8 Å². The fraction of sp³-hybridized carbons (Fsp3) is 0.294. The Morgan fingerprint density at radius 1 is 1.14 bits per heavy atom. The van der Waals surface area contributed by atoms with E-state index in [1.807, 2.05) is 19.9 Å². The van der Waals surface area contributed by atoms with Crippen molar-refractivity contribution in [2.75, 3.05) is 5.32 Å². The van der Waals surface area contributed by atoms with Gasteiger partial charge >= 0.3 is 0 Å². The van der Waals surface area contributed by atoms with Crippen molar-refractivity contribution in [3.8, 4) is 0 Å². The molecule has 0 aliphatic carbocycles. The Morgan fingerprint density at radius 2 is 1.86 bits per heavy atom. The van der Waals surface area contributed by atoms with E-state index in [0.717, 1.165) is 15.3 Å². The Morgan fingerprint density at radius 3 is 2.50 bits per heavy atom. The summed E-state index contributed by atoms with van der Waals surface area (Å²) in [5.41, 5.74) is 1.92. The molecule has 0 radical (unpaired) electrons. The maximum absolute atomic E-state index is 13.2. The number of aryl methyl sites for hydroxylation is 3. The summed E-state index contributed by atoms with van der Waals surface area (Å²) in [5.74, 6) is -0.721. The first-order chi connectivity index (χ1) is 10.4. The third kappa shape index (κ3) is 4.01. The van der Waals surface area contributed by atoms with Crippen molar-refractivity contribution in [3.63, 3.8) is 0 Å². The van der Waals surface area contributed by atoms with Crippen molar-refractivity contribution >= 4 is 28.7 Å². The number of nitrogens with one attached hydrogen (secondary N) is 1. The molecule has 0 bridgehead atoms. The number of carbonyl (C=O) groups excluding carboxylic acids is 2. The van der Waals surface area contributed by atoms with Gasteiger partial charge in [0.05, 0.1) is 0 Å². The Kier molecular flexibility index (Phi) is 5.08. The van der Waals surface area contributed by atoms with Gasteiger partial charge in [-0.05, 0) is 44.5 Å². The van der Waals surface area contributed by atoms with Crippen LogP contribution in [0.1, 0.15) is 38.5 Å². The van der Waals surface area contributed by atoms with Crippen LogP contribution in [-0.2, 0) is 4.79 Å². The van der Waals surface area contributed by atoms with Gasteiger partial charge in [-0.3, -0.25) is 9.59 Å². The smallest absolute Gasteiger partial charge is 0.224 e. The van der Waals surface area contributed by atoms with Crippen molar-refractivity contribution in [2.24, 2.45) is 0 Å². The summed E-state index contributed by atoms with van der Waals surface area (Å²) >= 11 is 1.57. The summed E-state index contributed by atoms with van der Waals surface area (Å²) in [6.45, 7) is 5.65. The van der Waals surface area contributed by atoms with E-state index in [4.69, 9.17) is 0 Å². The van der Waals surface area contributed by atoms with Crippen LogP contribution >= 0.6 is 11.3 Å². The minimum Gasteiger partial charge on any atom is -0.326 e. The van der Waals surface area contributed by atoms with E-state index in [1.54, 1.807) is 24.3 Å². The van der Waals surface area contributed by atoms with Gasteiger partial charge < -0.3 is 5.32 Å². The maximum Gasteiger partial charge on any atom is 0.224 e. The summed E-state index contributed by atoms with van der Waals surface area (Å²) < 4.78 is 13.2. The molecule has 0 aliphatic heterocycles. The second-order valence-electron chi connectivity index (χ2n) is 5.26. The van der Waals surface area contributed by atoms with E-state index in [-0.39, 0.29) is 24.5 Å². The van der Waals surface area contributed by atoms with Crippen molar-refractivity contribution < 1.29 is 14.0 Å². The third-order valence-corrected chi connectivity index (χ3v) is 4.36. The predicted molar refractivity (Wildman–Crippen MR) is 87.1 cm³/mol. The van der Waals surface area contributed by atoms with Crippen molar-refractivity contribution in [2.45, 2.75) is 33.6 Å². The lowest BCUT2D eigenvalue weighted by Crippen LogP contribution is -2.14. The molecule has 1 aromatic carbocycles. The zero-order valence-corrected chi connectivity index (χ0v) is 13.6. The van der Waals surface area contributed by atoms with Gasteiger partial charge in [-0.1, -0.05) is 6.07 Å². The van der Waals surface area contributed by atoms with Gasteiger partial charge in [-0.15, -0.1) is 11.3 Å². The molecule has 0 spiro atoms. The van der Waals surface area contributed by atoms with Crippen molar-refractivity contribution in [3.05, 3.63) is 51.0 Å². The van der Waals surface area contributed by atoms with E-state index in [9.17, 15) is 14.0 Å². The largest absolute Gasteiger partial charge is 0.326 e. The fourth-order valence-corrected chi connectivity index (χ4v) is 3.15. The van der Waals surface area contributed by atoms with Crippen LogP contribution in [0.5, 0.6) is 0 Å². The molecule has 0 fully saturated rings. The topological polar surface area (TPSA) is 46.2 Å². The molecular formula is C17H18FNO2S. The third-order valence-electron chi connectivity index (χ3n) is 3.39. The summed E-state index contributed by atoms with van der Waals surface area (Å²) in [6, 6.07) is 6.09. The van der Waals surface area contributed by atoms with Crippen LogP contribution in [0.3, 0.4) is 0 Å². The Bertz CT molecular complexity index is 721. The number of anilines is 1. The maximum atomic E-state index is 13.2. The highest BCUT2D eigenvalue weighted by molar-refractivity contribution is 7.12. The number of hydrogen-bond acceptors (Lipinski definition) is 3. The first-order valence-electron chi connectivity index (χ1n) is 7.03. The molecule has 1 N–H and O–H groups in total. The zero-order chi connectivity index (χ0) is 16.3. The lowest BCUT2D eigenvalue weighted by atomic mass is 10.1. The number of Topliss-reactive ketones (excluding diaryl/α,β-unsaturated/α-hetero) is 1. The molecule has 1 aromatic heterocycles. The second-order valence-corrected chi connectivity index (χ2v) is 6.72. The normalized spacial score (nSPS) is 10.5. The quantitative estimate of drug-likeness (QED) is 0.830. The molecule has 0 atom stereocenters. The molecule has 0 unspecified atom stereocenters. The zero-order valence-electron chi connectivity index (χ0n) is 12.8. The molecule has 22 heavy (non-hydrogen) atoms. The van der Waals surface area contributed by atoms with Crippen molar-refractivity contribution in [1.82, 2.24) is 0 Å². The molecule has 1 amide bonds. The van der Waals surface area contributed by atoms with Crippen LogP contribution < -0.4 is 5.32 Å². The number of rotatable bonds is 5. The first kappa shape index (κ1) is 16.4. The average Bonchev–Trinajstić information content (AvgIpc) is 2.79. The molecule has 0 aliphatic rings. The number of thiophene rings is 1. The van der Waals surface area contributed by atoms with Crippen LogP contribution in [0, 0.1) is 26.6 Å². The second kappa shape index (κ2) is 6.83. The minimum atomic E-state index is -0.402. The number of hydrogen-bond donors (Lipinski definition) is 1. The molecule has 0 saturated carbocycles. The average molecular weight is 319 g/mol. The van der Waals surface area contributed by atoms with Crippen LogP contribution in [0.25, 0.3) is 0 Å². The summed E-state index contributed by atoms with van der Waals surface area (Å²) in [4.78, 5) is 26.1. The molecule has 1 heterocycles. The highest BCUT2D eigenvalue weighted by Gasteiger charge is 2.14. The van der Waals surface area contributed by atoms with Gasteiger partial charge in [0.15, 0.2) is 5.78 Å². The number of benzene rings is 1. The summed E-state index contributed by atoms with van der Waals surface area (Å²) in [7, 11) is 0. The molecule has 3 nitrogen and oxygen atoms in total. The van der Waals surface area contributed by atoms with E-state index < -0.39 is 5.82 Å². The molecule has 0 saturated heterocycles. The number of ketones is 1. The van der Waals surface area contributed by atoms with E-state index in [2.05, 4.69) is 5.32 Å². The molecule has 5 heteroatoms. The van der Waals surface area contributed by atoms with Gasteiger partial charge in [-0.25, -0.2) is 4.39 Å². The lowest BCUT2D eigenvalue weighted by molar-refractivity contribution is -0.116. The molecular weight excluding hydrogens is 301 g/mol. The van der Waals surface area contributed by atoms with Crippen LogP contribution in [0.15, 0.2) is 24.3 Å². The SMILES string of the molecule is Cc1cc(C(=O)CCC(=O)Nc2cc(F)ccc2C)c(C)s1. The number of carbonyl (C=O) groups is 2. The Hall–Kier alpha value is -2.01. The predicted octanol–water partition coefficient (Wildman–Crippen LogP) is 4.41. The van der Waals surface area contributed by atoms with Crippen molar-refractivity contribution in [1.29, 1.82) is 0 Å². The Balaban J connectivity index is 1.94. The van der Waals surface area contributed by atoms with Gasteiger partial charge in [-0.2, -0.15) is 0 Å². The number of amides is 1. The molecule has 2 aromatic rings. The fourth-order valence-electron chi connectivity index (χ4n) is 2.21. The number of halogens is 1. The standard InChI is InChI=1S/C17H18FNO2S/c1-10-4-5-13(18)9-15(10)19-17(21)7-6-16(20)14-8-11(2)22-12(14)3/h4-5,8-9H,6-7H2,1-3H3,(H,19,21). The van der Waals surface area contributed by atoms with Crippen LogP contribution in [-0.4, -0.2) is 11.7 Å². The molecule has 116 valence electrons. The Labute approximate surface area is 133 Å². The lowest BCUT2D eigenvalue weighted by Gasteiger charge is -2.08. The monoisotopic (exact) mass is 319 g/mol. The van der Waals surface area contributed by atoms with Gasteiger partial charge in [0.2, 0.25) is 5.91 Å². The van der Waals surface area contributed by atoms with Crippen LogP contribution in [0.4, 0.5) is 10.1 Å². The van der Waals surface area contributed by atoms with Crippen LogP contribution in [0.2, 0.25) is 0 Å².